The number of hydrogen-bond acceptors (Lipinski definition) is 2. The van der Waals surface area contributed by atoms with Crippen LogP contribution in [0.2, 0.25) is 0 Å². The van der Waals surface area contributed by atoms with Crippen LogP contribution in [0.15, 0.2) is 18.2 Å². The zero-order valence-corrected chi connectivity index (χ0v) is 10.5. The van der Waals surface area contributed by atoms with Crippen molar-refractivity contribution in [3.05, 3.63) is 29.3 Å². The molecule has 1 heterocycles. The van der Waals surface area contributed by atoms with E-state index in [9.17, 15) is 18.0 Å². The maximum atomic E-state index is 12.7. The summed E-state index contributed by atoms with van der Waals surface area (Å²) >= 11 is 0. The van der Waals surface area contributed by atoms with Gasteiger partial charge < -0.3 is 10.6 Å². The molecule has 0 aromatic heterocycles. The molecule has 0 aliphatic carbocycles. The summed E-state index contributed by atoms with van der Waals surface area (Å²) in [5.41, 5.74) is 5.99. The lowest BCUT2D eigenvalue weighted by molar-refractivity contribution is -0.137. The first-order chi connectivity index (χ1) is 8.82. The second-order valence-electron chi connectivity index (χ2n) is 4.78. The highest BCUT2D eigenvalue weighted by Crippen LogP contribution is 2.36. The second-order valence-corrected chi connectivity index (χ2v) is 4.78. The van der Waals surface area contributed by atoms with Gasteiger partial charge in [0.2, 0.25) is 5.91 Å². The number of carbonyl (C=O) groups is 1. The molecule has 19 heavy (non-hydrogen) atoms. The molecule has 2 N–H and O–H groups in total. The van der Waals surface area contributed by atoms with Gasteiger partial charge in [0.05, 0.1) is 5.56 Å². The number of nitrogens with zero attached hydrogens (tertiary/aromatic N) is 1. The van der Waals surface area contributed by atoms with Crippen LogP contribution in [0.5, 0.6) is 0 Å². The smallest absolute Gasteiger partial charge is 0.330 e. The number of anilines is 1. The number of alkyl halides is 3. The number of rotatable bonds is 1. The molecule has 104 valence electrons. The van der Waals surface area contributed by atoms with Gasteiger partial charge >= 0.3 is 6.18 Å². The highest BCUT2D eigenvalue weighted by molar-refractivity contribution is 5.93. The summed E-state index contributed by atoms with van der Waals surface area (Å²) < 4.78 is 38.1. The molecule has 0 saturated heterocycles. The molecular formula is C13H15F3N2O. The van der Waals surface area contributed by atoms with Crippen molar-refractivity contribution in [2.45, 2.75) is 19.5 Å². The molecule has 1 aliphatic heterocycles. The first kappa shape index (κ1) is 13.9. The summed E-state index contributed by atoms with van der Waals surface area (Å²) in [6.45, 7) is 2.21. The first-order valence-electron chi connectivity index (χ1n) is 6.01. The summed E-state index contributed by atoms with van der Waals surface area (Å²) in [5.74, 6) is -0.181. The SMILES string of the molecule is CC(=O)N1CC(CN)Cc2cc(C(F)(F)F)ccc21. The summed E-state index contributed by atoms with van der Waals surface area (Å²) in [7, 11) is 0. The fraction of sp³-hybridized carbons (Fsp3) is 0.462. The van der Waals surface area contributed by atoms with Crippen molar-refractivity contribution in [3.63, 3.8) is 0 Å². The van der Waals surface area contributed by atoms with Gasteiger partial charge in [-0.05, 0) is 42.6 Å². The minimum Gasteiger partial charge on any atom is -0.330 e. The third-order valence-corrected chi connectivity index (χ3v) is 3.36. The van der Waals surface area contributed by atoms with E-state index in [2.05, 4.69) is 0 Å². The normalized spacial score (nSPS) is 19.2. The van der Waals surface area contributed by atoms with E-state index in [0.717, 1.165) is 12.1 Å². The number of amides is 1. The van der Waals surface area contributed by atoms with Gasteiger partial charge in [-0.3, -0.25) is 4.79 Å². The molecule has 1 aromatic carbocycles. The predicted molar refractivity (Wildman–Crippen MR) is 65.7 cm³/mol. The Morgan fingerprint density at radius 3 is 2.68 bits per heavy atom. The monoisotopic (exact) mass is 272 g/mol. The fourth-order valence-corrected chi connectivity index (χ4v) is 2.38. The van der Waals surface area contributed by atoms with Gasteiger partial charge in [-0.15, -0.1) is 0 Å². The van der Waals surface area contributed by atoms with Crippen LogP contribution >= 0.6 is 0 Å². The highest BCUT2D eigenvalue weighted by atomic mass is 19.4. The second kappa shape index (κ2) is 4.85. The molecule has 0 bridgehead atoms. The molecule has 1 unspecified atom stereocenters. The van der Waals surface area contributed by atoms with Crippen molar-refractivity contribution in [3.8, 4) is 0 Å². The number of benzene rings is 1. The van der Waals surface area contributed by atoms with E-state index >= 15 is 0 Å². The van der Waals surface area contributed by atoms with Gasteiger partial charge in [-0.2, -0.15) is 13.2 Å². The molecular weight excluding hydrogens is 257 g/mol. The summed E-state index contributed by atoms with van der Waals surface area (Å²) in [5, 5.41) is 0. The van der Waals surface area contributed by atoms with E-state index in [4.69, 9.17) is 5.73 Å². The van der Waals surface area contributed by atoms with E-state index in [1.165, 1.54) is 17.9 Å². The average molecular weight is 272 g/mol. The average Bonchev–Trinajstić information content (AvgIpc) is 2.35. The topological polar surface area (TPSA) is 46.3 Å². The third-order valence-electron chi connectivity index (χ3n) is 3.36. The van der Waals surface area contributed by atoms with Crippen LogP contribution in [0.25, 0.3) is 0 Å². The standard InChI is InChI=1S/C13H15F3N2O/c1-8(19)18-7-9(6-17)4-10-5-11(13(14,15)16)2-3-12(10)18/h2-3,5,9H,4,6-7,17H2,1H3. The van der Waals surface area contributed by atoms with E-state index < -0.39 is 11.7 Å². The molecule has 1 aliphatic rings. The van der Waals surface area contributed by atoms with Crippen molar-refractivity contribution in [1.82, 2.24) is 0 Å². The highest BCUT2D eigenvalue weighted by Gasteiger charge is 2.33. The van der Waals surface area contributed by atoms with E-state index in [1.807, 2.05) is 0 Å². The lowest BCUT2D eigenvalue weighted by Gasteiger charge is -2.34. The molecule has 6 heteroatoms. The zero-order chi connectivity index (χ0) is 14.2. The molecule has 0 fully saturated rings. The maximum Gasteiger partial charge on any atom is 0.416 e. The Kier molecular flexibility index (Phi) is 3.54. The van der Waals surface area contributed by atoms with Crippen LogP contribution in [0.1, 0.15) is 18.1 Å². The molecule has 0 saturated carbocycles. The van der Waals surface area contributed by atoms with E-state index in [-0.39, 0.29) is 11.8 Å². The van der Waals surface area contributed by atoms with Gasteiger partial charge in [0, 0.05) is 19.2 Å². The molecule has 1 amide bonds. The van der Waals surface area contributed by atoms with E-state index in [1.54, 1.807) is 0 Å². The molecule has 1 aromatic rings. The Morgan fingerprint density at radius 1 is 1.47 bits per heavy atom. The lowest BCUT2D eigenvalue weighted by Crippen LogP contribution is -2.41. The van der Waals surface area contributed by atoms with Gasteiger partial charge in [-0.25, -0.2) is 0 Å². The Bertz CT molecular complexity index is 499. The first-order valence-corrected chi connectivity index (χ1v) is 6.01. The van der Waals surface area contributed by atoms with Crippen LogP contribution < -0.4 is 10.6 Å². The van der Waals surface area contributed by atoms with E-state index in [0.29, 0.717) is 30.8 Å². The predicted octanol–water partition coefficient (Wildman–Crippen LogP) is 2.19. The Labute approximate surface area is 109 Å². The van der Waals surface area contributed by atoms with Crippen molar-refractivity contribution < 1.29 is 18.0 Å². The fourth-order valence-electron chi connectivity index (χ4n) is 2.38. The van der Waals surface area contributed by atoms with Gasteiger partial charge in [0.1, 0.15) is 0 Å². The lowest BCUT2D eigenvalue weighted by atomic mass is 9.91. The van der Waals surface area contributed by atoms with Crippen molar-refractivity contribution in [1.29, 1.82) is 0 Å². The number of hydrogen-bond donors (Lipinski definition) is 1. The quantitative estimate of drug-likeness (QED) is 0.851. The Balaban J connectivity index is 2.45. The summed E-state index contributed by atoms with van der Waals surface area (Å²) in [6.07, 6.45) is -3.90. The summed E-state index contributed by atoms with van der Waals surface area (Å²) in [6, 6.07) is 3.50. The van der Waals surface area contributed by atoms with Crippen LogP contribution in [0.4, 0.5) is 18.9 Å². The summed E-state index contributed by atoms with van der Waals surface area (Å²) in [4.78, 5) is 13.1. The molecule has 0 spiro atoms. The number of carbonyl (C=O) groups excluding carboxylic acids is 1. The number of nitrogens with two attached hydrogens (primary N) is 1. The maximum absolute atomic E-state index is 12.7. The van der Waals surface area contributed by atoms with Crippen LogP contribution in [0, 0.1) is 5.92 Å². The molecule has 1 atom stereocenters. The van der Waals surface area contributed by atoms with Gasteiger partial charge in [0.25, 0.3) is 0 Å². The van der Waals surface area contributed by atoms with Gasteiger partial charge in [0.15, 0.2) is 0 Å². The largest absolute Gasteiger partial charge is 0.416 e. The van der Waals surface area contributed by atoms with Gasteiger partial charge in [-0.1, -0.05) is 0 Å². The molecule has 0 radical (unpaired) electrons. The zero-order valence-electron chi connectivity index (χ0n) is 10.5. The van der Waals surface area contributed by atoms with Crippen LogP contribution in [-0.4, -0.2) is 19.0 Å². The third kappa shape index (κ3) is 2.73. The Morgan fingerprint density at radius 2 is 2.16 bits per heavy atom. The number of fused-ring (bicyclic) bond motifs is 1. The minimum atomic E-state index is -4.37. The minimum absolute atomic E-state index is 0.000108. The van der Waals surface area contributed by atoms with Crippen LogP contribution in [0.3, 0.4) is 0 Å². The number of halogens is 3. The van der Waals surface area contributed by atoms with Crippen LogP contribution in [-0.2, 0) is 17.4 Å². The van der Waals surface area contributed by atoms with Crippen molar-refractivity contribution in [2.75, 3.05) is 18.0 Å². The van der Waals surface area contributed by atoms with Crippen molar-refractivity contribution >= 4 is 11.6 Å². The van der Waals surface area contributed by atoms with Crippen molar-refractivity contribution in [2.24, 2.45) is 11.7 Å². The molecule has 2 rings (SSSR count). The molecule has 3 nitrogen and oxygen atoms in total. The Hall–Kier alpha value is -1.56.